The molecule has 2 atom stereocenters. The Labute approximate surface area is 205 Å². The number of quaternary nitrogens is 2. The van der Waals surface area contributed by atoms with Gasteiger partial charge in [0.05, 0.1) is 52.4 Å². The largest absolute Gasteiger partial charge is 0.369 e. The lowest BCUT2D eigenvalue weighted by Crippen LogP contribution is -2.54. The van der Waals surface area contributed by atoms with E-state index in [-0.39, 0.29) is 12.0 Å². The molecule has 0 spiro atoms. The van der Waals surface area contributed by atoms with E-state index < -0.39 is 0 Å². The van der Waals surface area contributed by atoms with Crippen LogP contribution >= 0.6 is 0 Å². The molecule has 33 heavy (non-hydrogen) atoms. The van der Waals surface area contributed by atoms with E-state index in [0.717, 1.165) is 48.1 Å². The van der Waals surface area contributed by atoms with Gasteiger partial charge in [0.15, 0.2) is 5.96 Å². The summed E-state index contributed by atoms with van der Waals surface area (Å²) in [5, 5.41) is 8.63. The maximum Gasteiger partial charge on any atom is 0.225 e. The highest BCUT2D eigenvalue weighted by atomic mass is 15.4. The first-order chi connectivity index (χ1) is 15.6. The lowest BCUT2D eigenvalue weighted by Gasteiger charge is -2.39. The zero-order chi connectivity index (χ0) is 25.1. The molecule has 0 aromatic heterocycles. The molecule has 0 bridgehead atoms. The third kappa shape index (κ3) is 8.93. The second-order valence-electron chi connectivity index (χ2n) is 10.5. The summed E-state index contributed by atoms with van der Waals surface area (Å²) in [7, 11) is 4.39. The van der Waals surface area contributed by atoms with E-state index in [9.17, 15) is 0 Å². The molecule has 0 amide bonds. The van der Waals surface area contributed by atoms with Crippen molar-refractivity contribution in [1.29, 1.82) is 5.41 Å². The second-order valence-corrected chi connectivity index (χ2v) is 10.5. The van der Waals surface area contributed by atoms with Gasteiger partial charge in [-0.05, 0) is 46.0 Å². The molecule has 7 heteroatoms. The maximum atomic E-state index is 8.63. The predicted octanol–water partition coefficient (Wildman–Crippen LogP) is 3.92. The van der Waals surface area contributed by atoms with E-state index in [1.807, 2.05) is 23.0 Å². The molecular weight excluding hydrogens is 410 g/mol. The average molecular weight is 466 g/mol. The Balaban J connectivity index is 2.70. The minimum atomic E-state index is 0.252. The molecule has 0 fully saturated rings. The molecule has 192 valence electrons. The van der Waals surface area contributed by atoms with Crippen LogP contribution in [0.25, 0.3) is 0 Å². The number of hydrogen-bond acceptors (Lipinski definition) is 1. The van der Waals surface area contributed by atoms with Crippen molar-refractivity contribution in [3.05, 3.63) is 12.3 Å². The quantitative estimate of drug-likeness (QED) is 0.232. The third-order valence-corrected chi connectivity index (χ3v) is 7.81. The molecule has 0 aromatic carbocycles. The fraction of sp³-hybridized carbons (Fsp3) is 0.846. The topological polar surface area (TPSA) is 68.7 Å². The van der Waals surface area contributed by atoms with Gasteiger partial charge in [0, 0.05) is 26.2 Å². The fourth-order valence-corrected chi connectivity index (χ4v) is 5.33. The Bertz CT molecular complexity index is 624. The molecular formula is C26H55N7+2. The van der Waals surface area contributed by atoms with Crippen LogP contribution in [0.1, 0.15) is 67.2 Å². The standard InChI is InChI=1S/C26H55N7/c1-9-18-32(8,19-10-2)20-16-23(6)21-30(7)25(27)29-26(28)31-17-14-15-24(31)22-33(11-3,12-4)13-5/h14,17,23-24H,9-13,15-16,18-22H2,1-8H3,(H3,27,28,29)/q+2. The Kier molecular flexibility index (Phi) is 12.4. The van der Waals surface area contributed by atoms with Gasteiger partial charge in [-0.1, -0.05) is 26.8 Å². The van der Waals surface area contributed by atoms with Gasteiger partial charge in [-0.3, -0.25) is 5.41 Å². The average Bonchev–Trinajstić information content (AvgIpc) is 3.24. The molecule has 2 unspecified atom stereocenters. The molecule has 0 saturated carbocycles. The summed E-state index contributed by atoms with van der Waals surface area (Å²) in [5.74, 6) is 1.22. The molecule has 0 saturated heterocycles. The van der Waals surface area contributed by atoms with E-state index in [1.54, 1.807) is 0 Å². The first-order valence-electron chi connectivity index (χ1n) is 13.4. The van der Waals surface area contributed by atoms with Crippen molar-refractivity contribution in [3.63, 3.8) is 0 Å². The number of rotatable bonds is 14. The summed E-state index contributed by atoms with van der Waals surface area (Å²) in [4.78, 5) is 8.53. The predicted molar refractivity (Wildman–Crippen MR) is 143 cm³/mol. The Morgan fingerprint density at radius 1 is 1.12 bits per heavy atom. The molecule has 0 aromatic rings. The lowest BCUT2D eigenvalue weighted by molar-refractivity contribution is -0.924. The van der Waals surface area contributed by atoms with Crippen LogP contribution in [0, 0.1) is 11.3 Å². The van der Waals surface area contributed by atoms with Gasteiger partial charge >= 0.3 is 0 Å². The van der Waals surface area contributed by atoms with Gasteiger partial charge in [-0.15, -0.1) is 0 Å². The molecule has 1 heterocycles. The molecule has 0 aliphatic carbocycles. The summed E-state index contributed by atoms with van der Waals surface area (Å²) in [6.45, 7) is 22.6. The number of likely N-dealkylation sites (N-methyl/N-ethyl adjacent to an activating group) is 1. The first-order valence-corrected chi connectivity index (χ1v) is 13.4. The molecule has 1 rings (SSSR count). The van der Waals surface area contributed by atoms with Crippen LogP contribution < -0.4 is 5.73 Å². The van der Waals surface area contributed by atoms with Gasteiger partial charge in [-0.25, -0.2) is 0 Å². The van der Waals surface area contributed by atoms with Gasteiger partial charge in [0.25, 0.3) is 0 Å². The monoisotopic (exact) mass is 465 g/mol. The Hall–Kier alpha value is -1.60. The van der Waals surface area contributed by atoms with Crippen molar-refractivity contribution in [1.82, 2.24) is 9.80 Å². The molecule has 0 radical (unpaired) electrons. The molecule has 7 nitrogen and oxygen atoms in total. The number of nitrogens with one attached hydrogen (secondary N) is 1. The highest BCUT2D eigenvalue weighted by molar-refractivity contribution is 5.93. The van der Waals surface area contributed by atoms with Crippen molar-refractivity contribution in [3.8, 4) is 0 Å². The zero-order valence-electron chi connectivity index (χ0n) is 23.1. The second kappa shape index (κ2) is 14.0. The van der Waals surface area contributed by atoms with Crippen molar-refractivity contribution in [2.24, 2.45) is 16.6 Å². The van der Waals surface area contributed by atoms with Crippen LogP contribution in [-0.4, -0.2) is 103 Å². The minimum Gasteiger partial charge on any atom is -0.369 e. The number of nitrogens with zero attached hydrogens (tertiary/aromatic N) is 5. The summed E-state index contributed by atoms with van der Waals surface area (Å²) in [5.41, 5.74) is 6.34. The molecule has 1 aliphatic rings. The normalized spacial score (nSPS) is 18.1. The highest BCUT2D eigenvalue weighted by Gasteiger charge is 2.32. The summed E-state index contributed by atoms with van der Waals surface area (Å²) >= 11 is 0. The molecule has 1 aliphatic heterocycles. The fourth-order valence-electron chi connectivity index (χ4n) is 5.33. The van der Waals surface area contributed by atoms with E-state index in [4.69, 9.17) is 11.1 Å². The van der Waals surface area contributed by atoms with Crippen LogP contribution in [0.4, 0.5) is 0 Å². The van der Waals surface area contributed by atoms with Gasteiger partial charge < -0.3 is 24.5 Å². The Morgan fingerprint density at radius 3 is 2.21 bits per heavy atom. The molecule has 3 N–H and O–H groups in total. The lowest BCUT2D eigenvalue weighted by atomic mass is 10.1. The number of guanidine groups is 2. The van der Waals surface area contributed by atoms with Gasteiger partial charge in [-0.2, -0.15) is 4.99 Å². The minimum absolute atomic E-state index is 0.252. The van der Waals surface area contributed by atoms with Crippen LogP contribution in [0.2, 0.25) is 0 Å². The SMILES string of the molecule is CCC[N+](C)(CCC)CCC(C)CN(C)/C(N)=N/C(=N)N1C=CCC1C[N+](CC)(CC)CC. The van der Waals surface area contributed by atoms with E-state index in [1.165, 1.54) is 38.9 Å². The number of nitrogens with two attached hydrogens (primary N) is 1. The van der Waals surface area contributed by atoms with E-state index in [0.29, 0.717) is 11.9 Å². The highest BCUT2D eigenvalue weighted by Crippen LogP contribution is 2.20. The van der Waals surface area contributed by atoms with Crippen LogP contribution in [0.15, 0.2) is 17.3 Å². The van der Waals surface area contributed by atoms with Crippen LogP contribution in [0.3, 0.4) is 0 Å². The van der Waals surface area contributed by atoms with E-state index in [2.05, 4.69) is 59.7 Å². The summed E-state index contributed by atoms with van der Waals surface area (Å²) in [6, 6.07) is 0.283. The number of aliphatic imine (C=N–C) groups is 1. The van der Waals surface area contributed by atoms with Crippen molar-refractivity contribution in [2.75, 3.05) is 66.5 Å². The van der Waals surface area contributed by atoms with Crippen molar-refractivity contribution >= 4 is 11.9 Å². The Morgan fingerprint density at radius 2 is 1.70 bits per heavy atom. The van der Waals surface area contributed by atoms with Crippen LogP contribution in [0.5, 0.6) is 0 Å². The smallest absolute Gasteiger partial charge is 0.225 e. The van der Waals surface area contributed by atoms with Crippen LogP contribution in [-0.2, 0) is 0 Å². The van der Waals surface area contributed by atoms with Gasteiger partial charge in [0.2, 0.25) is 5.96 Å². The van der Waals surface area contributed by atoms with Gasteiger partial charge in [0.1, 0.15) is 6.54 Å². The number of hydrogen-bond donors (Lipinski definition) is 2. The van der Waals surface area contributed by atoms with Crippen molar-refractivity contribution < 1.29 is 8.97 Å². The van der Waals surface area contributed by atoms with E-state index >= 15 is 0 Å². The summed E-state index contributed by atoms with van der Waals surface area (Å²) in [6.07, 6.45) is 8.78. The zero-order valence-corrected chi connectivity index (χ0v) is 23.1. The third-order valence-electron chi connectivity index (χ3n) is 7.81. The van der Waals surface area contributed by atoms with Crippen molar-refractivity contribution in [2.45, 2.75) is 73.3 Å². The maximum absolute atomic E-state index is 8.63. The first kappa shape index (κ1) is 29.4. The summed E-state index contributed by atoms with van der Waals surface area (Å²) < 4.78 is 2.23.